The lowest BCUT2D eigenvalue weighted by Crippen LogP contribution is -2.33. The predicted octanol–water partition coefficient (Wildman–Crippen LogP) is 2.61. The van der Waals surface area contributed by atoms with E-state index in [2.05, 4.69) is 20.7 Å². The molecule has 1 atom stereocenters. The SMILES string of the molecule is CC(=O)Nc1ccc(-c2csc3nc(NC(=O)C4CC(=O)N(C(C)C)C4)nn23)cc1. The quantitative estimate of drug-likeness (QED) is 0.652. The molecule has 9 nitrogen and oxygen atoms in total. The van der Waals surface area contributed by atoms with Gasteiger partial charge in [0.05, 0.1) is 11.6 Å². The fraction of sp³-hybridized carbons (Fsp3) is 0.350. The van der Waals surface area contributed by atoms with Crippen molar-refractivity contribution in [1.82, 2.24) is 19.5 Å². The molecular formula is C20H22N6O3S. The molecule has 0 aliphatic carbocycles. The van der Waals surface area contributed by atoms with Crippen molar-refractivity contribution in [3.63, 3.8) is 0 Å². The van der Waals surface area contributed by atoms with Gasteiger partial charge in [-0.1, -0.05) is 12.1 Å². The van der Waals surface area contributed by atoms with Crippen LogP contribution in [0.4, 0.5) is 11.6 Å². The zero-order chi connectivity index (χ0) is 21.4. The van der Waals surface area contributed by atoms with Crippen molar-refractivity contribution in [1.29, 1.82) is 0 Å². The summed E-state index contributed by atoms with van der Waals surface area (Å²) < 4.78 is 1.67. The highest BCUT2D eigenvalue weighted by Gasteiger charge is 2.35. The second-order valence-corrected chi connectivity index (χ2v) is 8.38. The van der Waals surface area contributed by atoms with Crippen molar-refractivity contribution in [3.8, 4) is 11.3 Å². The molecule has 10 heteroatoms. The summed E-state index contributed by atoms with van der Waals surface area (Å²) in [6, 6.07) is 7.48. The molecular weight excluding hydrogens is 404 g/mol. The van der Waals surface area contributed by atoms with Crippen LogP contribution in [0.25, 0.3) is 16.2 Å². The van der Waals surface area contributed by atoms with E-state index >= 15 is 0 Å². The first-order chi connectivity index (χ1) is 14.3. The summed E-state index contributed by atoms with van der Waals surface area (Å²) >= 11 is 1.41. The smallest absolute Gasteiger partial charge is 0.250 e. The number of hydrogen-bond acceptors (Lipinski definition) is 6. The number of aromatic nitrogens is 3. The van der Waals surface area contributed by atoms with Gasteiger partial charge in [-0.3, -0.25) is 19.7 Å². The largest absolute Gasteiger partial charge is 0.339 e. The summed E-state index contributed by atoms with van der Waals surface area (Å²) in [5.74, 6) is -0.557. The molecule has 2 aromatic heterocycles. The van der Waals surface area contributed by atoms with E-state index in [0.29, 0.717) is 17.2 Å². The third-order valence-electron chi connectivity index (χ3n) is 4.97. The van der Waals surface area contributed by atoms with Gasteiger partial charge >= 0.3 is 0 Å². The number of hydrogen-bond donors (Lipinski definition) is 2. The molecule has 2 N–H and O–H groups in total. The number of likely N-dealkylation sites (tertiary alicyclic amines) is 1. The lowest BCUT2D eigenvalue weighted by atomic mass is 10.1. The van der Waals surface area contributed by atoms with Gasteiger partial charge in [0, 0.05) is 42.6 Å². The number of nitrogens with one attached hydrogen (secondary N) is 2. The first kappa shape index (κ1) is 20.0. The van der Waals surface area contributed by atoms with Gasteiger partial charge in [0.2, 0.25) is 28.6 Å². The summed E-state index contributed by atoms with van der Waals surface area (Å²) in [5.41, 5.74) is 2.46. The standard InChI is InChI=1S/C20H22N6O3S/c1-11(2)25-9-14(8-17(25)28)18(29)22-19-23-20-26(24-19)16(10-30-20)13-4-6-15(7-5-13)21-12(3)27/h4-7,10-11,14H,8-9H2,1-3H3,(H,21,27)(H,22,24,29). The van der Waals surface area contributed by atoms with Gasteiger partial charge < -0.3 is 10.2 Å². The number of anilines is 2. The molecule has 4 rings (SSSR count). The average Bonchev–Trinajstić information content (AvgIpc) is 3.36. The first-order valence-corrected chi connectivity index (χ1v) is 10.5. The topological polar surface area (TPSA) is 109 Å². The molecule has 1 aliphatic heterocycles. The second-order valence-electron chi connectivity index (χ2n) is 7.54. The summed E-state index contributed by atoms with van der Waals surface area (Å²) in [6.07, 6.45) is 0.206. The third kappa shape index (κ3) is 3.90. The molecule has 156 valence electrons. The molecule has 0 spiro atoms. The Balaban J connectivity index is 1.50. The van der Waals surface area contributed by atoms with Crippen LogP contribution in [0.2, 0.25) is 0 Å². The summed E-state index contributed by atoms with van der Waals surface area (Å²) in [7, 11) is 0. The van der Waals surface area contributed by atoms with Crippen LogP contribution < -0.4 is 10.6 Å². The van der Waals surface area contributed by atoms with Gasteiger partial charge in [-0.15, -0.1) is 16.4 Å². The second kappa shape index (κ2) is 7.86. The Morgan fingerprint density at radius 1 is 1.20 bits per heavy atom. The number of thiazole rings is 1. The maximum Gasteiger partial charge on any atom is 0.250 e. The van der Waals surface area contributed by atoms with Gasteiger partial charge in [0.15, 0.2) is 0 Å². The van der Waals surface area contributed by atoms with Gasteiger partial charge in [0.1, 0.15) is 0 Å². The molecule has 0 bridgehead atoms. The monoisotopic (exact) mass is 426 g/mol. The van der Waals surface area contributed by atoms with Crippen LogP contribution in [0, 0.1) is 5.92 Å². The van der Waals surface area contributed by atoms with Crippen LogP contribution >= 0.6 is 11.3 Å². The molecule has 1 aromatic carbocycles. The molecule has 1 aliphatic rings. The van der Waals surface area contributed by atoms with E-state index in [0.717, 1.165) is 11.3 Å². The normalized spacial score (nSPS) is 16.5. The summed E-state index contributed by atoms with van der Waals surface area (Å²) in [6.45, 7) is 5.75. The Kier molecular flexibility index (Phi) is 5.25. The fourth-order valence-electron chi connectivity index (χ4n) is 3.48. The third-order valence-corrected chi connectivity index (χ3v) is 5.79. The highest BCUT2D eigenvalue weighted by atomic mass is 32.1. The Labute approximate surface area is 177 Å². The number of amides is 3. The van der Waals surface area contributed by atoms with Crippen LogP contribution in [0.3, 0.4) is 0 Å². The van der Waals surface area contributed by atoms with E-state index in [4.69, 9.17) is 0 Å². The number of carbonyl (C=O) groups is 3. The minimum atomic E-state index is -0.401. The number of carbonyl (C=O) groups excluding carboxylic acids is 3. The van der Waals surface area contributed by atoms with Gasteiger partial charge in [-0.05, 0) is 26.0 Å². The Hall–Kier alpha value is -3.27. The lowest BCUT2D eigenvalue weighted by Gasteiger charge is -2.20. The minimum Gasteiger partial charge on any atom is -0.339 e. The highest BCUT2D eigenvalue weighted by molar-refractivity contribution is 7.15. The van der Waals surface area contributed by atoms with Gasteiger partial charge in [0.25, 0.3) is 0 Å². The molecule has 0 saturated carbocycles. The summed E-state index contributed by atoms with van der Waals surface area (Å²) in [5, 5.41) is 11.8. The minimum absolute atomic E-state index is 0.00562. The van der Waals surface area contributed by atoms with E-state index in [1.165, 1.54) is 18.3 Å². The van der Waals surface area contributed by atoms with Crippen molar-refractivity contribution in [2.45, 2.75) is 33.2 Å². The van der Waals surface area contributed by atoms with Crippen molar-refractivity contribution in [3.05, 3.63) is 29.6 Å². The van der Waals surface area contributed by atoms with Crippen LogP contribution in [-0.4, -0.2) is 49.8 Å². The Morgan fingerprint density at radius 3 is 2.57 bits per heavy atom. The van der Waals surface area contributed by atoms with Crippen molar-refractivity contribution in [2.24, 2.45) is 5.92 Å². The number of fused-ring (bicyclic) bond motifs is 1. The molecule has 1 saturated heterocycles. The average molecular weight is 427 g/mol. The molecule has 3 heterocycles. The van der Waals surface area contributed by atoms with E-state index < -0.39 is 5.92 Å². The number of benzene rings is 1. The lowest BCUT2D eigenvalue weighted by molar-refractivity contribution is -0.129. The van der Waals surface area contributed by atoms with Crippen molar-refractivity contribution in [2.75, 3.05) is 17.2 Å². The maximum absolute atomic E-state index is 12.6. The molecule has 1 fully saturated rings. The Bertz CT molecular complexity index is 1120. The highest BCUT2D eigenvalue weighted by Crippen LogP contribution is 2.27. The van der Waals surface area contributed by atoms with Crippen LogP contribution in [-0.2, 0) is 14.4 Å². The van der Waals surface area contributed by atoms with E-state index in [9.17, 15) is 14.4 Å². The van der Waals surface area contributed by atoms with Crippen LogP contribution in [0.5, 0.6) is 0 Å². The van der Waals surface area contributed by atoms with E-state index in [-0.39, 0.29) is 36.1 Å². The zero-order valence-corrected chi connectivity index (χ0v) is 17.7. The first-order valence-electron chi connectivity index (χ1n) is 9.64. The van der Waals surface area contributed by atoms with E-state index in [1.54, 1.807) is 9.42 Å². The van der Waals surface area contributed by atoms with Crippen LogP contribution in [0.15, 0.2) is 29.6 Å². The number of nitrogens with zero attached hydrogens (tertiary/aromatic N) is 4. The van der Waals surface area contributed by atoms with Gasteiger partial charge in [-0.2, -0.15) is 4.98 Å². The van der Waals surface area contributed by atoms with Crippen molar-refractivity contribution >= 4 is 45.7 Å². The fourth-order valence-corrected chi connectivity index (χ4v) is 4.31. The molecule has 30 heavy (non-hydrogen) atoms. The molecule has 3 amide bonds. The number of rotatable bonds is 5. The van der Waals surface area contributed by atoms with Crippen LogP contribution in [0.1, 0.15) is 27.2 Å². The van der Waals surface area contributed by atoms with Gasteiger partial charge in [-0.25, -0.2) is 4.52 Å². The maximum atomic E-state index is 12.6. The molecule has 1 unspecified atom stereocenters. The molecule has 3 aromatic rings. The Morgan fingerprint density at radius 2 is 1.93 bits per heavy atom. The predicted molar refractivity (Wildman–Crippen MR) is 114 cm³/mol. The van der Waals surface area contributed by atoms with E-state index in [1.807, 2.05) is 43.5 Å². The summed E-state index contributed by atoms with van der Waals surface area (Å²) in [4.78, 5) is 42.6. The zero-order valence-electron chi connectivity index (χ0n) is 16.9. The van der Waals surface area contributed by atoms with Crippen molar-refractivity contribution < 1.29 is 14.4 Å². The molecule has 0 radical (unpaired) electrons.